The van der Waals surface area contributed by atoms with E-state index in [2.05, 4.69) is 30.4 Å². The summed E-state index contributed by atoms with van der Waals surface area (Å²) in [5, 5.41) is 3.54. The van der Waals surface area contributed by atoms with Gasteiger partial charge < -0.3 is 11.1 Å². The molecule has 1 heterocycles. The third-order valence-corrected chi connectivity index (χ3v) is 3.29. The molecule has 14 heavy (non-hydrogen) atoms. The molecule has 0 amide bonds. The molecule has 2 heteroatoms. The highest BCUT2D eigenvalue weighted by Crippen LogP contribution is 2.31. The van der Waals surface area contributed by atoms with Gasteiger partial charge >= 0.3 is 0 Å². The van der Waals surface area contributed by atoms with Crippen molar-refractivity contribution < 1.29 is 0 Å². The first-order chi connectivity index (χ1) is 6.62. The van der Waals surface area contributed by atoms with Crippen molar-refractivity contribution in [2.24, 2.45) is 0 Å². The van der Waals surface area contributed by atoms with Crippen LogP contribution in [-0.4, -0.2) is 6.54 Å². The first-order valence-electron chi connectivity index (χ1n) is 5.23. The third-order valence-electron chi connectivity index (χ3n) is 3.29. The minimum Gasteiger partial charge on any atom is -0.399 e. The zero-order chi connectivity index (χ0) is 10.2. The highest BCUT2D eigenvalue weighted by Gasteiger charge is 2.29. The second-order valence-electron chi connectivity index (χ2n) is 4.43. The van der Waals surface area contributed by atoms with Crippen molar-refractivity contribution in [1.29, 1.82) is 0 Å². The summed E-state index contributed by atoms with van der Waals surface area (Å²) in [5.74, 6) is 0. The van der Waals surface area contributed by atoms with Gasteiger partial charge in [-0.2, -0.15) is 0 Å². The van der Waals surface area contributed by atoms with E-state index in [1.54, 1.807) is 0 Å². The van der Waals surface area contributed by atoms with E-state index < -0.39 is 0 Å². The zero-order valence-electron chi connectivity index (χ0n) is 8.93. The molecule has 0 saturated carbocycles. The van der Waals surface area contributed by atoms with E-state index in [9.17, 15) is 0 Å². The van der Waals surface area contributed by atoms with E-state index in [0.29, 0.717) is 0 Å². The molecule has 0 spiro atoms. The normalized spacial score (nSPS) is 26.7. The SMILES string of the molecule is Cc1ccc(C2(C)CCCN2)cc1N. The highest BCUT2D eigenvalue weighted by atomic mass is 15.0. The Labute approximate surface area is 85.5 Å². The maximum Gasteiger partial charge on any atom is 0.0407 e. The monoisotopic (exact) mass is 190 g/mol. The second-order valence-corrected chi connectivity index (χ2v) is 4.43. The van der Waals surface area contributed by atoms with Crippen LogP contribution in [0.2, 0.25) is 0 Å². The summed E-state index contributed by atoms with van der Waals surface area (Å²) in [6, 6.07) is 6.40. The highest BCUT2D eigenvalue weighted by molar-refractivity contribution is 5.50. The lowest BCUT2D eigenvalue weighted by Crippen LogP contribution is -2.33. The molecule has 1 aromatic carbocycles. The molecule has 1 aromatic rings. The molecular formula is C12H18N2. The lowest BCUT2D eigenvalue weighted by atomic mass is 9.89. The Morgan fingerprint density at radius 2 is 2.21 bits per heavy atom. The average Bonchev–Trinajstić information content (AvgIpc) is 2.58. The molecule has 3 N–H and O–H groups in total. The molecule has 2 rings (SSSR count). The Morgan fingerprint density at radius 1 is 1.43 bits per heavy atom. The van der Waals surface area contributed by atoms with Crippen LogP contribution in [0.3, 0.4) is 0 Å². The summed E-state index contributed by atoms with van der Waals surface area (Å²) in [5.41, 5.74) is 9.44. The molecule has 1 unspecified atom stereocenters. The maximum atomic E-state index is 5.92. The van der Waals surface area contributed by atoms with Gasteiger partial charge in [0.1, 0.15) is 0 Å². The molecule has 0 bridgehead atoms. The Hall–Kier alpha value is -1.02. The standard InChI is InChI=1S/C12H18N2/c1-9-4-5-10(8-11(9)13)12(2)6-3-7-14-12/h4-5,8,14H,3,6-7,13H2,1-2H3. The minimum atomic E-state index is 0.141. The van der Waals surface area contributed by atoms with Crippen LogP contribution in [0, 0.1) is 6.92 Å². The molecule has 0 radical (unpaired) electrons. The molecule has 1 aliphatic heterocycles. The van der Waals surface area contributed by atoms with Gasteiger partial charge in [-0.05, 0) is 50.4 Å². The van der Waals surface area contributed by atoms with Gasteiger partial charge in [0.05, 0.1) is 0 Å². The number of nitrogens with one attached hydrogen (secondary N) is 1. The number of nitrogen functional groups attached to an aromatic ring is 1. The van der Waals surface area contributed by atoms with E-state index in [4.69, 9.17) is 5.73 Å². The Kier molecular flexibility index (Phi) is 2.23. The summed E-state index contributed by atoms with van der Waals surface area (Å²) >= 11 is 0. The number of hydrogen-bond donors (Lipinski definition) is 2. The molecule has 0 aromatic heterocycles. The van der Waals surface area contributed by atoms with Gasteiger partial charge in [-0.15, -0.1) is 0 Å². The fourth-order valence-corrected chi connectivity index (χ4v) is 2.12. The number of rotatable bonds is 1. The fraction of sp³-hybridized carbons (Fsp3) is 0.500. The van der Waals surface area contributed by atoms with E-state index in [0.717, 1.165) is 17.8 Å². The van der Waals surface area contributed by atoms with Crippen molar-refractivity contribution in [1.82, 2.24) is 5.32 Å². The molecule has 2 nitrogen and oxygen atoms in total. The number of benzene rings is 1. The molecule has 1 saturated heterocycles. The molecule has 1 atom stereocenters. The summed E-state index contributed by atoms with van der Waals surface area (Å²) < 4.78 is 0. The maximum absolute atomic E-state index is 5.92. The van der Waals surface area contributed by atoms with Gasteiger partial charge in [0.2, 0.25) is 0 Å². The Morgan fingerprint density at radius 3 is 2.79 bits per heavy atom. The van der Waals surface area contributed by atoms with E-state index >= 15 is 0 Å². The van der Waals surface area contributed by atoms with Crippen molar-refractivity contribution in [2.75, 3.05) is 12.3 Å². The van der Waals surface area contributed by atoms with Crippen LogP contribution in [-0.2, 0) is 5.54 Å². The van der Waals surface area contributed by atoms with Crippen molar-refractivity contribution in [2.45, 2.75) is 32.2 Å². The van der Waals surface area contributed by atoms with Crippen LogP contribution in [0.1, 0.15) is 30.9 Å². The first-order valence-corrected chi connectivity index (χ1v) is 5.23. The fourth-order valence-electron chi connectivity index (χ4n) is 2.12. The smallest absolute Gasteiger partial charge is 0.0407 e. The van der Waals surface area contributed by atoms with Gasteiger partial charge in [0, 0.05) is 11.2 Å². The zero-order valence-corrected chi connectivity index (χ0v) is 8.93. The second kappa shape index (κ2) is 3.28. The van der Waals surface area contributed by atoms with Crippen molar-refractivity contribution in [3.05, 3.63) is 29.3 Å². The summed E-state index contributed by atoms with van der Waals surface area (Å²) in [7, 11) is 0. The van der Waals surface area contributed by atoms with Crippen LogP contribution in [0.4, 0.5) is 5.69 Å². The van der Waals surface area contributed by atoms with E-state index in [1.165, 1.54) is 18.4 Å². The predicted octanol–water partition coefficient (Wildman–Crippen LogP) is 2.18. The lowest BCUT2D eigenvalue weighted by Gasteiger charge is -2.25. The van der Waals surface area contributed by atoms with Gasteiger partial charge in [0.25, 0.3) is 0 Å². The summed E-state index contributed by atoms with van der Waals surface area (Å²) in [4.78, 5) is 0. The largest absolute Gasteiger partial charge is 0.399 e. The number of nitrogens with two attached hydrogens (primary N) is 1. The van der Waals surface area contributed by atoms with Gasteiger partial charge in [0.15, 0.2) is 0 Å². The predicted molar refractivity (Wildman–Crippen MR) is 60.2 cm³/mol. The third kappa shape index (κ3) is 1.50. The molecule has 0 aliphatic carbocycles. The van der Waals surface area contributed by atoms with Crippen molar-refractivity contribution in [3.8, 4) is 0 Å². The van der Waals surface area contributed by atoms with Crippen LogP contribution < -0.4 is 11.1 Å². The molecular weight excluding hydrogens is 172 g/mol. The van der Waals surface area contributed by atoms with Crippen LogP contribution in [0.15, 0.2) is 18.2 Å². The quantitative estimate of drug-likeness (QED) is 0.666. The minimum absolute atomic E-state index is 0.141. The molecule has 1 fully saturated rings. The van der Waals surface area contributed by atoms with Gasteiger partial charge in [-0.3, -0.25) is 0 Å². The van der Waals surface area contributed by atoms with E-state index in [1.807, 2.05) is 6.92 Å². The molecule has 76 valence electrons. The molecule has 1 aliphatic rings. The van der Waals surface area contributed by atoms with E-state index in [-0.39, 0.29) is 5.54 Å². The van der Waals surface area contributed by atoms with Gasteiger partial charge in [-0.1, -0.05) is 12.1 Å². The van der Waals surface area contributed by atoms with Crippen LogP contribution in [0.5, 0.6) is 0 Å². The van der Waals surface area contributed by atoms with Crippen LogP contribution >= 0.6 is 0 Å². The number of anilines is 1. The topological polar surface area (TPSA) is 38.0 Å². The van der Waals surface area contributed by atoms with Crippen LogP contribution in [0.25, 0.3) is 0 Å². The van der Waals surface area contributed by atoms with Crippen molar-refractivity contribution >= 4 is 5.69 Å². The summed E-state index contributed by atoms with van der Waals surface area (Å²) in [6.45, 7) is 5.41. The van der Waals surface area contributed by atoms with Gasteiger partial charge in [-0.25, -0.2) is 0 Å². The van der Waals surface area contributed by atoms with Crippen molar-refractivity contribution in [3.63, 3.8) is 0 Å². The Balaban J connectivity index is 2.36. The first kappa shape index (κ1) is 9.53. The average molecular weight is 190 g/mol. The lowest BCUT2D eigenvalue weighted by molar-refractivity contribution is 0.435. The number of hydrogen-bond acceptors (Lipinski definition) is 2. The Bertz CT molecular complexity index is 338. The summed E-state index contributed by atoms with van der Waals surface area (Å²) in [6.07, 6.45) is 2.46. The number of aryl methyl sites for hydroxylation is 1.